The molecule has 114 valence electrons. The van der Waals surface area contributed by atoms with Crippen molar-refractivity contribution in [3.63, 3.8) is 0 Å². The van der Waals surface area contributed by atoms with Crippen LogP contribution in [0.2, 0.25) is 0 Å². The van der Waals surface area contributed by atoms with Gasteiger partial charge in [0.25, 0.3) is 10.2 Å². The fourth-order valence-corrected chi connectivity index (χ4v) is 2.71. The van der Waals surface area contributed by atoms with E-state index < -0.39 is 10.2 Å². The summed E-state index contributed by atoms with van der Waals surface area (Å²) in [7, 11) is -3.62. The lowest BCUT2D eigenvalue weighted by molar-refractivity contribution is 0.564. The average Bonchev–Trinajstić information content (AvgIpc) is 2.85. The molecule has 7 nitrogen and oxygen atoms in total. The molecule has 1 aromatic heterocycles. The van der Waals surface area contributed by atoms with Crippen molar-refractivity contribution in [2.24, 2.45) is 5.92 Å². The molecule has 0 unspecified atom stereocenters. The third kappa shape index (κ3) is 4.20. The molecule has 2 aromatic rings. The Kier molecular flexibility index (Phi) is 4.49. The molecule has 21 heavy (non-hydrogen) atoms. The first-order valence-corrected chi connectivity index (χ1v) is 8.03. The number of nitrogen functional groups attached to an aromatic ring is 1. The second-order valence-electron chi connectivity index (χ2n) is 5.07. The Hall–Kier alpha value is -2.06. The summed E-state index contributed by atoms with van der Waals surface area (Å²) < 4.78 is 30.4. The van der Waals surface area contributed by atoms with E-state index in [1.807, 2.05) is 13.8 Å². The highest BCUT2D eigenvalue weighted by molar-refractivity contribution is 7.90. The third-order valence-electron chi connectivity index (χ3n) is 2.70. The number of anilines is 2. The minimum absolute atomic E-state index is 0.226. The van der Waals surface area contributed by atoms with Crippen molar-refractivity contribution < 1.29 is 8.42 Å². The van der Waals surface area contributed by atoms with Gasteiger partial charge in [0, 0.05) is 18.3 Å². The summed E-state index contributed by atoms with van der Waals surface area (Å²) in [6, 6.07) is 8.58. The number of hydrogen-bond donors (Lipinski definition) is 3. The van der Waals surface area contributed by atoms with E-state index in [4.69, 9.17) is 5.73 Å². The van der Waals surface area contributed by atoms with Crippen LogP contribution in [-0.2, 0) is 10.2 Å². The predicted octanol–water partition coefficient (Wildman–Crippen LogP) is 1.36. The summed E-state index contributed by atoms with van der Waals surface area (Å²) in [6.45, 7) is 4.23. The van der Waals surface area contributed by atoms with Gasteiger partial charge in [-0.25, -0.2) is 4.68 Å². The Labute approximate surface area is 124 Å². The van der Waals surface area contributed by atoms with Gasteiger partial charge >= 0.3 is 0 Å². The molecule has 1 aromatic carbocycles. The van der Waals surface area contributed by atoms with E-state index in [-0.39, 0.29) is 5.92 Å². The molecule has 8 heteroatoms. The van der Waals surface area contributed by atoms with Crippen LogP contribution in [0.4, 0.5) is 11.5 Å². The normalized spacial score (nSPS) is 11.8. The zero-order chi connectivity index (χ0) is 15.5. The highest BCUT2D eigenvalue weighted by Gasteiger charge is 2.14. The van der Waals surface area contributed by atoms with Crippen LogP contribution in [0.1, 0.15) is 13.8 Å². The zero-order valence-corrected chi connectivity index (χ0v) is 12.8. The average molecular weight is 309 g/mol. The second-order valence-corrected chi connectivity index (χ2v) is 6.57. The lowest BCUT2D eigenvalue weighted by Crippen LogP contribution is -2.33. The van der Waals surface area contributed by atoms with Gasteiger partial charge in [0.05, 0.1) is 11.9 Å². The monoisotopic (exact) mass is 309 g/mol. The fourth-order valence-electron chi connectivity index (χ4n) is 1.65. The van der Waals surface area contributed by atoms with Gasteiger partial charge in [-0.2, -0.15) is 18.2 Å². The highest BCUT2D eigenvalue weighted by atomic mass is 32.2. The van der Waals surface area contributed by atoms with Crippen LogP contribution >= 0.6 is 0 Å². The minimum Gasteiger partial charge on any atom is -0.399 e. The molecule has 0 atom stereocenters. The van der Waals surface area contributed by atoms with Crippen LogP contribution in [0.5, 0.6) is 0 Å². The van der Waals surface area contributed by atoms with Crippen molar-refractivity contribution in [2.45, 2.75) is 13.8 Å². The summed E-state index contributed by atoms with van der Waals surface area (Å²) in [5, 5.41) is 4.12. The number of nitrogens with two attached hydrogens (primary N) is 1. The maximum atomic E-state index is 12.0. The SMILES string of the molecule is CC(C)CNS(=O)(=O)Nc1ccnn1-c1ccc(N)cc1. The van der Waals surface area contributed by atoms with Crippen molar-refractivity contribution in [2.75, 3.05) is 17.0 Å². The first-order valence-electron chi connectivity index (χ1n) is 6.55. The van der Waals surface area contributed by atoms with E-state index in [1.54, 1.807) is 30.3 Å². The van der Waals surface area contributed by atoms with Gasteiger partial charge < -0.3 is 5.73 Å². The molecule has 0 aliphatic heterocycles. The van der Waals surface area contributed by atoms with Crippen LogP contribution in [0.15, 0.2) is 36.5 Å². The van der Waals surface area contributed by atoms with Gasteiger partial charge in [-0.1, -0.05) is 13.8 Å². The number of nitrogens with zero attached hydrogens (tertiary/aromatic N) is 2. The Morgan fingerprint density at radius 3 is 2.52 bits per heavy atom. The smallest absolute Gasteiger partial charge is 0.300 e. The lowest BCUT2D eigenvalue weighted by Gasteiger charge is -2.12. The van der Waals surface area contributed by atoms with Crippen molar-refractivity contribution >= 4 is 21.7 Å². The Morgan fingerprint density at radius 2 is 1.90 bits per heavy atom. The molecule has 1 heterocycles. The topological polar surface area (TPSA) is 102 Å². The molecule has 0 saturated heterocycles. The molecule has 0 bridgehead atoms. The van der Waals surface area contributed by atoms with Gasteiger partial charge in [0.2, 0.25) is 0 Å². The Balaban J connectivity index is 2.19. The summed E-state index contributed by atoms with van der Waals surface area (Å²) in [5.41, 5.74) is 6.99. The Bertz CT molecular complexity index is 692. The third-order valence-corrected chi connectivity index (χ3v) is 3.73. The summed E-state index contributed by atoms with van der Waals surface area (Å²) >= 11 is 0. The summed E-state index contributed by atoms with van der Waals surface area (Å²) in [5.74, 6) is 0.583. The van der Waals surface area contributed by atoms with Crippen molar-refractivity contribution in [1.82, 2.24) is 14.5 Å². The van der Waals surface area contributed by atoms with E-state index >= 15 is 0 Å². The highest BCUT2D eigenvalue weighted by Crippen LogP contribution is 2.16. The standard InChI is InChI=1S/C13H19N5O2S/c1-10(2)9-16-21(19,20)17-13-7-8-15-18(13)12-5-3-11(14)4-6-12/h3-8,10,16-17H,9,14H2,1-2H3. The number of nitrogens with one attached hydrogen (secondary N) is 2. The molecular formula is C13H19N5O2S. The van der Waals surface area contributed by atoms with Gasteiger partial charge in [-0.3, -0.25) is 4.72 Å². The molecule has 0 radical (unpaired) electrons. The quantitative estimate of drug-likeness (QED) is 0.701. The molecule has 4 N–H and O–H groups in total. The lowest BCUT2D eigenvalue weighted by atomic mass is 10.2. The summed E-state index contributed by atoms with van der Waals surface area (Å²) in [4.78, 5) is 0. The van der Waals surface area contributed by atoms with Gasteiger partial charge in [-0.05, 0) is 30.2 Å². The van der Waals surface area contributed by atoms with E-state index in [0.29, 0.717) is 18.1 Å². The summed E-state index contributed by atoms with van der Waals surface area (Å²) in [6.07, 6.45) is 1.52. The van der Waals surface area contributed by atoms with E-state index in [9.17, 15) is 8.42 Å². The minimum atomic E-state index is -3.62. The van der Waals surface area contributed by atoms with Crippen LogP contribution < -0.4 is 15.2 Å². The Morgan fingerprint density at radius 1 is 1.24 bits per heavy atom. The molecular weight excluding hydrogens is 290 g/mol. The molecule has 0 spiro atoms. The molecule has 2 rings (SSSR count). The van der Waals surface area contributed by atoms with Gasteiger partial charge in [-0.15, -0.1) is 0 Å². The molecule has 0 aliphatic carbocycles. The van der Waals surface area contributed by atoms with Crippen LogP contribution in [0, 0.1) is 5.92 Å². The molecule has 0 fully saturated rings. The van der Waals surface area contributed by atoms with Crippen molar-refractivity contribution in [3.05, 3.63) is 36.5 Å². The van der Waals surface area contributed by atoms with E-state index in [2.05, 4.69) is 14.5 Å². The first kappa shape index (κ1) is 15.3. The molecule has 0 saturated carbocycles. The number of aromatic nitrogens is 2. The molecule has 0 aliphatic rings. The van der Waals surface area contributed by atoms with Crippen molar-refractivity contribution in [1.29, 1.82) is 0 Å². The zero-order valence-electron chi connectivity index (χ0n) is 11.9. The number of benzene rings is 1. The largest absolute Gasteiger partial charge is 0.399 e. The van der Waals surface area contributed by atoms with Crippen LogP contribution in [0.25, 0.3) is 5.69 Å². The van der Waals surface area contributed by atoms with Crippen LogP contribution in [0.3, 0.4) is 0 Å². The maximum Gasteiger partial charge on any atom is 0.300 e. The van der Waals surface area contributed by atoms with E-state index in [1.165, 1.54) is 10.9 Å². The first-order chi connectivity index (χ1) is 9.87. The van der Waals surface area contributed by atoms with Gasteiger partial charge in [0.1, 0.15) is 5.82 Å². The number of hydrogen-bond acceptors (Lipinski definition) is 4. The van der Waals surface area contributed by atoms with E-state index in [0.717, 1.165) is 5.69 Å². The molecule has 0 amide bonds. The van der Waals surface area contributed by atoms with Gasteiger partial charge in [0.15, 0.2) is 0 Å². The fraction of sp³-hybridized carbons (Fsp3) is 0.308. The van der Waals surface area contributed by atoms with Crippen molar-refractivity contribution in [3.8, 4) is 5.69 Å². The maximum absolute atomic E-state index is 12.0. The predicted molar refractivity (Wildman–Crippen MR) is 83.4 cm³/mol. The second kappa shape index (κ2) is 6.15. The van der Waals surface area contributed by atoms with Crippen LogP contribution in [-0.4, -0.2) is 24.7 Å². The number of rotatable bonds is 6.